The van der Waals surface area contributed by atoms with Crippen LogP contribution in [0.2, 0.25) is 5.02 Å². The number of nitro groups is 1. The van der Waals surface area contributed by atoms with Gasteiger partial charge in [-0.3, -0.25) is 19.8 Å². The van der Waals surface area contributed by atoms with Crippen molar-refractivity contribution < 1.29 is 4.92 Å². The summed E-state index contributed by atoms with van der Waals surface area (Å²) in [6.45, 7) is 3.99. The lowest BCUT2D eigenvalue weighted by atomic mass is 10.0. The molecule has 0 aliphatic carbocycles. The highest BCUT2D eigenvalue weighted by molar-refractivity contribution is 6.33. The van der Waals surface area contributed by atoms with Crippen molar-refractivity contribution in [1.82, 2.24) is 14.7 Å². The minimum Gasteiger partial charge on any atom is -0.367 e. The number of nitrogens with zero attached hydrogens (tertiary/aromatic N) is 5. The van der Waals surface area contributed by atoms with E-state index in [1.54, 1.807) is 6.20 Å². The van der Waals surface area contributed by atoms with E-state index in [1.165, 1.54) is 61.1 Å². The molecule has 0 radical (unpaired) electrons. The summed E-state index contributed by atoms with van der Waals surface area (Å²) < 4.78 is 1.19. The third-order valence-corrected chi connectivity index (χ3v) is 6.46. The topological polar surface area (TPSA) is 84.5 Å². The fraction of sp³-hybridized carbons (Fsp3) is 0.524. The lowest BCUT2D eigenvalue weighted by Gasteiger charge is -2.40. The molecule has 160 valence electrons. The van der Waals surface area contributed by atoms with Crippen molar-refractivity contribution in [2.45, 2.75) is 44.6 Å². The second-order valence-electron chi connectivity index (χ2n) is 8.03. The third-order valence-electron chi connectivity index (χ3n) is 6.10. The van der Waals surface area contributed by atoms with Crippen LogP contribution in [0.3, 0.4) is 0 Å². The Kier molecular flexibility index (Phi) is 6.34. The van der Waals surface area contributed by atoms with Crippen molar-refractivity contribution in [1.29, 1.82) is 0 Å². The summed E-state index contributed by atoms with van der Waals surface area (Å²) >= 11 is 6.49. The van der Waals surface area contributed by atoms with E-state index in [4.69, 9.17) is 11.6 Å². The molecule has 0 N–H and O–H groups in total. The van der Waals surface area contributed by atoms with Crippen molar-refractivity contribution in [3.05, 3.63) is 56.0 Å². The van der Waals surface area contributed by atoms with E-state index >= 15 is 0 Å². The van der Waals surface area contributed by atoms with E-state index in [0.29, 0.717) is 17.4 Å². The molecular weight excluding hydrogens is 406 g/mol. The summed E-state index contributed by atoms with van der Waals surface area (Å²) in [5.74, 6) is 0. The zero-order valence-electron chi connectivity index (χ0n) is 16.9. The average molecular weight is 432 g/mol. The molecule has 1 aromatic heterocycles. The van der Waals surface area contributed by atoms with E-state index in [-0.39, 0.29) is 10.7 Å². The third kappa shape index (κ3) is 4.34. The van der Waals surface area contributed by atoms with Crippen LogP contribution >= 0.6 is 11.6 Å². The molecule has 0 spiro atoms. The number of likely N-dealkylation sites (tertiary alicyclic amines) is 1. The number of halogens is 1. The molecule has 0 bridgehead atoms. The highest BCUT2D eigenvalue weighted by Gasteiger charge is 2.28. The molecule has 9 heteroatoms. The van der Waals surface area contributed by atoms with Gasteiger partial charge in [-0.2, -0.15) is 9.78 Å². The number of non-ortho nitro benzene ring substituents is 1. The Morgan fingerprint density at radius 1 is 1.03 bits per heavy atom. The Balaban J connectivity index is 1.55. The smallest absolute Gasteiger partial charge is 0.292 e. The molecule has 1 atom stereocenters. The molecule has 0 saturated carbocycles. The number of rotatable bonds is 4. The van der Waals surface area contributed by atoms with Gasteiger partial charge in [-0.15, -0.1) is 0 Å². The van der Waals surface area contributed by atoms with Crippen molar-refractivity contribution in [3.63, 3.8) is 0 Å². The van der Waals surface area contributed by atoms with Crippen LogP contribution in [-0.2, 0) is 0 Å². The van der Waals surface area contributed by atoms with Gasteiger partial charge in [0, 0.05) is 31.3 Å². The molecule has 4 rings (SSSR count). The van der Waals surface area contributed by atoms with Gasteiger partial charge < -0.3 is 4.90 Å². The molecule has 2 aliphatic rings. The summed E-state index contributed by atoms with van der Waals surface area (Å²) in [6.07, 6.45) is 8.99. The Labute approximate surface area is 180 Å². The van der Waals surface area contributed by atoms with Crippen molar-refractivity contribution >= 4 is 23.0 Å². The molecule has 0 amide bonds. The number of anilines is 1. The molecule has 30 heavy (non-hydrogen) atoms. The summed E-state index contributed by atoms with van der Waals surface area (Å²) in [7, 11) is 0. The number of piperidine rings is 1. The minimum absolute atomic E-state index is 0.0395. The Hall–Kier alpha value is -2.45. The van der Waals surface area contributed by atoms with Crippen LogP contribution in [0.15, 0.2) is 35.3 Å². The van der Waals surface area contributed by atoms with Crippen molar-refractivity contribution in [2.75, 3.05) is 31.1 Å². The summed E-state index contributed by atoms with van der Waals surface area (Å²) in [5.41, 5.74) is 0.654. The van der Waals surface area contributed by atoms with Crippen molar-refractivity contribution in [2.24, 2.45) is 0 Å². The van der Waals surface area contributed by atoms with Gasteiger partial charge in [-0.1, -0.05) is 24.4 Å². The molecule has 8 nitrogen and oxygen atoms in total. The number of hydrogen-bond acceptors (Lipinski definition) is 6. The molecule has 2 aliphatic heterocycles. The van der Waals surface area contributed by atoms with Crippen LogP contribution < -0.4 is 10.5 Å². The van der Waals surface area contributed by atoms with E-state index in [9.17, 15) is 14.9 Å². The van der Waals surface area contributed by atoms with Gasteiger partial charge in [0.05, 0.1) is 22.5 Å². The lowest BCUT2D eigenvalue weighted by molar-refractivity contribution is -0.384. The van der Waals surface area contributed by atoms with Gasteiger partial charge in [0.1, 0.15) is 5.02 Å². The normalized spacial score (nSPS) is 20.7. The van der Waals surface area contributed by atoms with Crippen LogP contribution in [0.4, 0.5) is 11.4 Å². The van der Waals surface area contributed by atoms with Gasteiger partial charge in [0.2, 0.25) is 0 Å². The van der Waals surface area contributed by atoms with Crippen LogP contribution in [0.1, 0.15) is 38.5 Å². The fourth-order valence-corrected chi connectivity index (χ4v) is 4.72. The average Bonchev–Trinajstić information content (AvgIpc) is 3.05. The van der Waals surface area contributed by atoms with E-state index in [2.05, 4.69) is 14.9 Å². The van der Waals surface area contributed by atoms with Crippen LogP contribution in [-0.4, -0.2) is 51.8 Å². The number of aromatic nitrogens is 2. The fourth-order valence-electron chi connectivity index (χ4n) is 4.48. The highest BCUT2D eigenvalue weighted by Crippen LogP contribution is 2.28. The SMILES string of the molecule is O=c1c(Cl)c(N2CCCC(N3CCCCCC3)C2)cnn1-c1ccc([N+](=O)[O-])cc1. The summed E-state index contributed by atoms with van der Waals surface area (Å²) in [5, 5.41) is 15.3. The first kappa shape index (κ1) is 20.8. The zero-order valence-corrected chi connectivity index (χ0v) is 17.6. The first-order valence-electron chi connectivity index (χ1n) is 10.6. The maximum atomic E-state index is 12.9. The van der Waals surface area contributed by atoms with Gasteiger partial charge in [-0.05, 0) is 50.9 Å². The second kappa shape index (κ2) is 9.14. The maximum absolute atomic E-state index is 12.9. The lowest BCUT2D eigenvalue weighted by Crippen LogP contribution is -2.48. The second-order valence-corrected chi connectivity index (χ2v) is 8.40. The van der Waals surface area contributed by atoms with E-state index in [1.807, 2.05) is 0 Å². The standard InChI is InChI=1S/C21H26ClN5O3/c22-20-19(25-13-5-6-18(15-25)24-11-3-1-2-4-12-24)14-23-26(21(20)28)16-7-9-17(10-8-16)27(29)30/h7-10,14,18H,1-6,11-13,15H2. The highest BCUT2D eigenvalue weighted by atomic mass is 35.5. The Bertz CT molecular complexity index is 954. The molecular formula is C21H26ClN5O3. The molecule has 2 fully saturated rings. The van der Waals surface area contributed by atoms with Crippen LogP contribution in [0.25, 0.3) is 5.69 Å². The molecule has 1 unspecified atom stereocenters. The number of nitro benzene ring substituents is 1. The van der Waals surface area contributed by atoms with Gasteiger partial charge in [0.25, 0.3) is 11.2 Å². The molecule has 1 aromatic carbocycles. The predicted octanol–water partition coefficient (Wildman–Crippen LogP) is 3.64. The monoisotopic (exact) mass is 431 g/mol. The first-order chi connectivity index (χ1) is 14.5. The zero-order chi connectivity index (χ0) is 21.1. The molecule has 3 heterocycles. The number of hydrogen-bond donors (Lipinski definition) is 0. The quantitative estimate of drug-likeness (QED) is 0.542. The van der Waals surface area contributed by atoms with Crippen LogP contribution in [0.5, 0.6) is 0 Å². The molecule has 2 saturated heterocycles. The maximum Gasteiger partial charge on any atom is 0.292 e. The number of benzene rings is 1. The van der Waals surface area contributed by atoms with Gasteiger partial charge in [0.15, 0.2) is 0 Å². The predicted molar refractivity (Wildman–Crippen MR) is 117 cm³/mol. The Morgan fingerprint density at radius 2 is 1.73 bits per heavy atom. The van der Waals surface area contributed by atoms with Gasteiger partial charge >= 0.3 is 0 Å². The minimum atomic E-state index is -0.479. The summed E-state index contributed by atoms with van der Waals surface area (Å²) in [4.78, 5) is 28.0. The van der Waals surface area contributed by atoms with Gasteiger partial charge in [-0.25, -0.2) is 0 Å². The Morgan fingerprint density at radius 3 is 2.40 bits per heavy atom. The molecule has 2 aromatic rings. The first-order valence-corrected chi connectivity index (χ1v) is 10.9. The van der Waals surface area contributed by atoms with Crippen LogP contribution in [0, 0.1) is 10.1 Å². The summed E-state index contributed by atoms with van der Waals surface area (Å²) in [6, 6.07) is 6.17. The van der Waals surface area contributed by atoms with E-state index < -0.39 is 10.5 Å². The van der Waals surface area contributed by atoms with E-state index in [0.717, 1.165) is 32.6 Å². The largest absolute Gasteiger partial charge is 0.367 e. The van der Waals surface area contributed by atoms with Crippen molar-refractivity contribution in [3.8, 4) is 5.69 Å².